The summed E-state index contributed by atoms with van der Waals surface area (Å²) in [6.45, 7) is 1.72. The van der Waals surface area contributed by atoms with Crippen LogP contribution in [0.5, 0.6) is 0 Å². The highest BCUT2D eigenvalue weighted by molar-refractivity contribution is 6.31. The number of aryl methyl sites for hydroxylation is 1. The first kappa shape index (κ1) is 12.0. The van der Waals surface area contributed by atoms with Crippen LogP contribution in [0.3, 0.4) is 0 Å². The second-order valence-corrected chi connectivity index (χ2v) is 4.81. The van der Waals surface area contributed by atoms with E-state index in [4.69, 9.17) is 17.3 Å². The summed E-state index contributed by atoms with van der Waals surface area (Å²) in [6.07, 6.45) is 0. The van der Waals surface area contributed by atoms with Crippen LogP contribution in [-0.2, 0) is 0 Å². The molecule has 2 N–H and O–H groups in total. The van der Waals surface area contributed by atoms with Crippen molar-refractivity contribution in [3.8, 4) is 5.69 Å². The molecule has 96 valence electrons. The first-order valence-corrected chi connectivity index (χ1v) is 6.14. The monoisotopic (exact) mass is 275 g/mol. The van der Waals surface area contributed by atoms with Crippen molar-refractivity contribution in [2.75, 3.05) is 5.73 Å². The molecule has 19 heavy (non-hydrogen) atoms. The Morgan fingerprint density at radius 3 is 2.74 bits per heavy atom. The maximum Gasteiger partial charge on any atom is 0.205 e. The van der Waals surface area contributed by atoms with E-state index in [1.807, 2.05) is 12.1 Å². The van der Waals surface area contributed by atoms with Crippen molar-refractivity contribution in [1.82, 2.24) is 9.55 Å². The van der Waals surface area contributed by atoms with Crippen LogP contribution in [0, 0.1) is 12.7 Å². The molecule has 3 aromatic rings. The number of aromatic nitrogens is 2. The lowest BCUT2D eigenvalue weighted by Crippen LogP contribution is -2.01. The fourth-order valence-electron chi connectivity index (χ4n) is 2.06. The van der Waals surface area contributed by atoms with Crippen molar-refractivity contribution < 1.29 is 4.39 Å². The summed E-state index contributed by atoms with van der Waals surface area (Å²) in [7, 11) is 0. The van der Waals surface area contributed by atoms with E-state index < -0.39 is 0 Å². The van der Waals surface area contributed by atoms with Gasteiger partial charge in [-0.05, 0) is 42.8 Å². The Labute approximate surface area is 114 Å². The van der Waals surface area contributed by atoms with Crippen LogP contribution in [-0.4, -0.2) is 9.55 Å². The van der Waals surface area contributed by atoms with E-state index in [9.17, 15) is 4.39 Å². The molecule has 3 nitrogen and oxygen atoms in total. The van der Waals surface area contributed by atoms with Crippen molar-refractivity contribution in [3.05, 3.63) is 52.8 Å². The molecule has 0 saturated heterocycles. The number of rotatable bonds is 1. The highest BCUT2D eigenvalue weighted by Gasteiger charge is 2.11. The van der Waals surface area contributed by atoms with Gasteiger partial charge in [-0.25, -0.2) is 9.37 Å². The Balaban J connectivity index is 2.29. The van der Waals surface area contributed by atoms with Gasteiger partial charge in [-0.1, -0.05) is 17.7 Å². The van der Waals surface area contributed by atoms with Crippen LogP contribution < -0.4 is 5.73 Å². The molecule has 0 fully saturated rings. The number of nitrogens with zero attached hydrogens (tertiary/aromatic N) is 2. The summed E-state index contributed by atoms with van der Waals surface area (Å²) in [5.41, 5.74) is 8.63. The molecule has 0 bridgehead atoms. The van der Waals surface area contributed by atoms with Crippen molar-refractivity contribution in [2.24, 2.45) is 0 Å². The van der Waals surface area contributed by atoms with Gasteiger partial charge in [-0.3, -0.25) is 4.57 Å². The van der Waals surface area contributed by atoms with E-state index in [0.29, 0.717) is 27.7 Å². The van der Waals surface area contributed by atoms with Gasteiger partial charge in [0, 0.05) is 5.02 Å². The van der Waals surface area contributed by atoms with E-state index in [1.54, 1.807) is 29.7 Å². The summed E-state index contributed by atoms with van der Waals surface area (Å²) in [5.74, 6) is 0.0354. The third kappa shape index (κ3) is 1.94. The van der Waals surface area contributed by atoms with E-state index in [-0.39, 0.29) is 5.82 Å². The minimum atomic E-state index is -0.271. The van der Waals surface area contributed by atoms with Gasteiger partial charge in [0.15, 0.2) is 0 Å². The number of fused-ring (bicyclic) bond motifs is 1. The standard InChI is InChI=1S/C14H11ClFN3/c1-8-2-4-10(7-11(8)16)19-13-5-3-9(15)6-12(13)18-14(19)17/h2-7H,1H3,(H2,17,18). The number of hydrogen-bond acceptors (Lipinski definition) is 2. The number of hydrogen-bond donors (Lipinski definition) is 1. The fourth-order valence-corrected chi connectivity index (χ4v) is 2.23. The molecular weight excluding hydrogens is 265 g/mol. The van der Waals surface area contributed by atoms with Crippen LogP contribution in [0.1, 0.15) is 5.56 Å². The minimum absolute atomic E-state index is 0.271. The summed E-state index contributed by atoms with van der Waals surface area (Å²) in [4.78, 5) is 4.24. The van der Waals surface area contributed by atoms with E-state index in [1.165, 1.54) is 6.07 Å². The lowest BCUT2D eigenvalue weighted by Gasteiger charge is -2.07. The van der Waals surface area contributed by atoms with Gasteiger partial charge in [-0.2, -0.15) is 0 Å². The Morgan fingerprint density at radius 1 is 1.21 bits per heavy atom. The van der Waals surface area contributed by atoms with Gasteiger partial charge in [0.05, 0.1) is 16.7 Å². The van der Waals surface area contributed by atoms with Crippen LogP contribution in [0.25, 0.3) is 16.7 Å². The molecule has 0 unspecified atom stereocenters. The van der Waals surface area contributed by atoms with Crippen LogP contribution >= 0.6 is 11.6 Å². The molecule has 0 atom stereocenters. The number of anilines is 1. The zero-order valence-electron chi connectivity index (χ0n) is 10.2. The number of imidazole rings is 1. The maximum absolute atomic E-state index is 13.7. The van der Waals surface area contributed by atoms with E-state index >= 15 is 0 Å². The average Bonchev–Trinajstić information content (AvgIpc) is 2.68. The zero-order valence-corrected chi connectivity index (χ0v) is 10.9. The first-order valence-electron chi connectivity index (χ1n) is 5.76. The largest absolute Gasteiger partial charge is 0.369 e. The predicted octanol–water partition coefficient (Wildman–Crippen LogP) is 3.71. The van der Waals surface area contributed by atoms with Gasteiger partial charge < -0.3 is 5.73 Å². The Hall–Kier alpha value is -2.07. The first-order chi connectivity index (χ1) is 9.06. The Kier molecular flexibility index (Phi) is 2.68. The number of halogens is 2. The number of nitrogens with two attached hydrogens (primary N) is 1. The molecule has 0 saturated carbocycles. The summed E-state index contributed by atoms with van der Waals surface area (Å²) < 4.78 is 15.4. The highest BCUT2D eigenvalue weighted by atomic mass is 35.5. The quantitative estimate of drug-likeness (QED) is 0.736. The van der Waals surface area contributed by atoms with Gasteiger partial charge in [0.1, 0.15) is 5.82 Å². The van der Waals surface area contributed by atoms with Crippen molar-refractivity contribution in [1.29, 1.82) is 0 Å². The number of benzene rings is 2. The van der Waals surface area contributed by atoms with Crippen LogP contribution in [0.2, 0.25) is 5.02 Å². The molecule has 0 aliphatic heterocycles. The second-order valence-electron chi connectivity index (χ2n) is 4.37. The molecule has 1 heterocycles. The van der Waals surface area contributed by atoms with Crippen molar-refractivity contribution in [2.45, 2.75) is 6.92 Å². The molecule has 3 rings (SSSR count). The lowest BCUT2D eigenvalue weighted by molar-refractivity contribution is 0.617. The summed E-state index contributed by atoms with van der Waals surface area (Å²) >= 11 is 5.92. The van der Waals surface area contributed by atoms with Gasteiger partial charge in [-0.15, -0.1) is 0 Å². The third-order valence-corrected chi connectivity index (χ3v) is 3.29. The molecule has 5 heteroatoms. The van der Waals surface area contributed by atoms with Gasteiger partial charge in [0.2, 0.25) is 5.95 Å². The normalized spacial score (nSPS) is 11.1. The van der Waals surface area contributed by atoms with Gasteiger partial charge >= 0.3 is 0 Å². The molecule has 2 aromatic carbocycles. The van der Waals surface area contributed by atoms with E-state index in [0.717, 1.165) is 5.52 Å². The highest BCUT2D eigenvalue weighted by Crippen LogP contribution is 2.26. The van der Waals surface area contributed by atoms with Crippen LogP contribution in [0.15, 0.2) is 36.4 Å². The molecule has 0 radical (unpaired) electrons. The van der Waals surface area contributed by atoms with Gasteiger partial charge in [0.25, 0.3) is 0 Å². The molecule has 0 aliphatic carbocycles. The van der Waals surface area contributed by atoms with Crippen molar-refractivity contribution >= 4 is 28.6 Å². The molecule has 0 spiro atoms. The fraction of sp³-hybridized carbons (Fsp3) is 0.0714. The van der Waals surface area contributed by atoms with Crippen LogP contribution in [0.4, 0.5) is 10.3 Å². The lowest BCUT2D eigenvalue weighted by atomic mass is 10.2. The van der Waals surface area contributed by atoms with E-state index in [2.05, 4.69) is 4.98 Å². The minimum Gasteiger partial charge on any atom is -0.369 e. The SMILES string of the molecule is Cc1ccc(-n2c(N)nc3cc(Cl)ccc32)cc1F. The zero-order chi connectivity index (χ0) is 13.6. The predicted molar refractivity (Wildman–Crippen MR) is 75.2 cm³/mol. The molecule has 0 amide bonds. The smallest absolute Gasteiger partial charge is 0.205 e. The topological polar surface area (TPSA) is 43.8 Å². The average molecular weight is 276 g/mol. The maximum atomic E-state index is 13.7. The summed E-state index contributed by atoms with van der Waals surface area (Å²) in [5, 5.41) is 0.590. The third-order valence-electron chi connectivity index (χ3n) is 3.06. The number of nitrogen functional groups attached to an aromatic ring is 1. The molecular formula is C14H11ClFN3. The van der Waals surface area contributed by atoms with Crippen molar-refractivity contribution in [3.63, 3.8) is 0 Å². The Bertz CT molecular complexity index is 780. The Morgan fingerprint density at radius 2 is 2.00 bits per heavy atom. The second kappa shape index (κ2) is 4.24. The molecule has 0 aliphatic rings. The molecule has 1 aromatic heterocycles. The summed E-state index contributed by atoms with van der Waals surface area (Å²) in [6, 6.07) is 10.3.